The average molecular weight is 545 g/mol. The van der Waals surface area contributed by atoms with E-state index in [1.807, 2.05) is 30.5 Å². The Balaban J connectivity index is 1.30. The van der Waals surface area contributed by atoms with Gasteiger partial charge in [-0.3, -0.25) is 29.0 Å². The molecule has 1 aromatic carbocycles. The third-order valence-electron chi connectivity index (χ3n) is 6.87. The zero-order valence-corrected chi connectivity index (χ0v) is 23.1. The molecule has 0 bridgehead atoms. The van der Waals surface area contributed by atoms with Crippen LogP contribution in [0.25, 0.3) is 6.08 Å². The van der Waals surface area contributed by atoms with Gasteiger partial charge in [0.15, 0.2) is 0 Å². The van der Waals surface area contributed by atoms with Crippen LogP contribution < -0.4 is 10.6 Å². The van der Waals surface area contributed by atoms with E-state index in [1.165, 1.54) is 0 Å². The highest BCUT2D eigenvalue weighted by atomic mass is 32.2. The lowest BCUT2D eigenvalue weighted by Gasteiger charge is -2.43. The molecule has 1 spiro atoms. The van der Waals surface area contributed by atoms with Gasteiger partial charge in [-0.2, -0.15) is 0 Å². The number of nitrogens with zero attached hydrogens (tertiary/aromatic N) is 2. The van der Waals surface area contributed by atoms with Crippen molar-refractivity contribution in [3.05, 3.63) is 34.7 Å². The van der Waals surface area contributed by atoms with Crippen molar-refractivity contribution in [2.45, 2.75) is 50.5 Å². The molecule has 9 nitrogen and oxygen atoms in total. The molecule has 2 atom stereocenters. The predicted octanol–water partition coefficient (Wildman–Crippen LogP) is 3.70. The van der Waals surface area contributed by atoms with Crippen LogP contribution >= 0.6 is 23.5 Å². The Hall–Kier alpha value is -2.79. The van der Waals surface area contributed by atoms with E-state index >= 15 is 0 Å². The first-order chi connectivity index (χ1) is 17.4. The number of rotatable bonds is 7. The molecule has 0 radical (unpaired) electrons. The van der Waals surface area contributed by atoms with Gasteiger partial charge >= 0.3 is 6.03 Å². The minimum absolute atomic E-state index is 0.00502. The van der Waals surface area contributed by atoms with Gasteiger partial charge in [-0.1, -0.05) is 32.9 Å². The lowest BCUT2D eigenvalue weighted by molar-refractivity contribution is -0.137. The maximum Gasteiger partial charge on any atom is 0.325 e. The molecule has 4 rings (SSSR count). The highest BCUT2D eigenvalue weighted by molar-refractivity contribution is 8.18. The second-order valence-corrected chi connectivity index (χ2v) is 12.6. The van der Waals surface area contributed by atoms with Crippen LogP contribution in [-0.4, -0.2) is 70.2 Å². The Kier molecular flexibility index (Phi) is 7.75. The Morgan fingerprint density at radius 2 is 1.86 bits per heavy atom. The fourth-order valence-electron chi connectivity index (χ4n) is 5.70. The molecule has 2 unspecified atom stereocenters. The summed E-state index contributed by atoms with van der Waals surface area (Å²) in [5.74, 6) is -1.04. The minimum atomic E-state index is -0.970. The van der Waals surface area contributed by atoms with Gasteiger partial charge < -0.3 is 10.6 Å². The van der Waals surface area contributed by atoms with Gasteiger partial charge in [0.25, 0.3) is 17.1 Å². The Morgan fingerprint density at radius 3 is 2.51 bits per heavy atom. The van der Waals surface area contributed by atoms with Gasteiger partial charge in [0, 0.05) is 18.0 Å². The van der Waals surface area contributed by atoms with E-state index in [0.717, 1.165) is 38.4 Å². The van der Waals surface area contributed by atoms with E-state index in [4.69, 9.17) is 0 Å². The Morgan fingerprint density at radius 1 is 1.16 bits per heavy atom. The summed E-state index contributed by atoms with van der Waals surface area (Å²) in [6.07, 6.45) is 5.69. The van der Waals surface area contributed by atoms with Gasteiger partial charge in [-0.05, 0) is 72.4 Å². The second-order valence-electron chi connectivity index (χ2n) is 10.7. The minimum Gasteiger partial charge on any atom is -0.353 e. The van der Waals surface area contributed by atoms with Gasteiger partial charge in [0.2, 0.25) is 5.91 Å². The number of hydrogen-bond donors (Lipinski definition) is 2. The predicted molar refractivity (Wildman–Crippen MR) is 144 cm³/mol. The van der Waals surface area contributed by atoms with Crippen molar-refractivity contribution in [1.82, 2.24) is 20.4 Å². The SMILES string of the molecule is CSc1ccc(/C=C2\SC(=O)N(CCNC(=O)CN3C(=O)NC4(CC(C)CC(C)(C)C4)C3=O)C2=O)cc1. The largest absolute Gasteiger partial charge is 0.353 e. The third-order valence-corrected chi connectivity index (χ3v) is 8.52. The highest BCUT2D eigenvalue weighted by Gasteiger charge is 2.56. The first kappa shape index (κ1) is 27.3. The van der Waals surface area contributed by atoms with Crippen molar-refractivity contribution in [2.24, 2.45) is 11.3 Å². The second kappa shape index (κ2) is 10.5. The summed E-state index contributed by atoms with van der Waals surface area (Å²) in [5, 5.41) is 5.07. The van der Waals surface area contributed by atoms with Crippen molar-refractivity contribution >= 4 is 58.6 Å². The summed E-state index contributed by atoms with van der Waals surface area (Å²) in [4.78, 5) is 67.0. The summed E-state index contributed by atoms with van der Waals surface area (Å²) in [6, 6.07) is 7.09. The van der Waals surface area contributed by atoms with E-state index in [2.05, 4.69) is 31.4 Å². The van der Waals surface area contributed by atoms with E-state index in [1.54, 1.807) is 17.8 Å². The quantitative estimate of drug-likeness (QED) is 0.306. The molecule has 6 amide bonds. The van der Waals surface area contributed by atoms with Crippen molar-refractivity contribution in [3.63, 3.8) is 0 Å². The van der Waals surface area contributed by atoms with Gasteiger partial charge in [0.05, 0.1) is 4.91 Å². The molecule has 3 fully saturated rings. The van der Waals surface area contributed by atoms with Gasteiger partial charge in [-0.15, -0.1) is 11.8 Å². The molecule has 0 aromatic heterocycles. The Bertz CT molecular complexity index is 1170. The number of carbonyl (C=O) groups is 5. The van der Waals surface area contributed by atoms with Crippen LogP contribution in [0.4, 0.5) is 9.59 Å². The van der Waals surface area contributed by atoms with Crippen molar-refractivity contribution in [1.29, 1.82) is 0 Å². The maximum atomic E-state index is 13.2. The fourth-order valence-corrected chi connectivity index (χ4v) is 6.97. The number of nitrogens with one attached hydrogen (secondary N) is 2. The summed E-state index contributed by atoms with van der Waals surface area (Å²) >= 11 is 2.47. The first-order valence-electron chi connectivity index (χ1n) is 12.2. The van der Waals surface area contributed by atoms with Crippen LogP contribution in [0.15, 0.2) is 34.1 Å². The fraction of sp³-hybridized carbons (Fsp3) is 0.500. The topological polar surface area (TPSA) is 116 Å². The summed E-state index contributed by atoms with van der Waals surface area (Å²) < 4.78 is 0. The normalized spacial score (nSPS) is 26.4. The molecule has 198 valence electrons. The van der Waals surface area contributed by atoms with Crippen LogP contribution in [-0.2, 0) is 14.4 Å². The molecule has 1 saturated carbocycles. The van der Waals surface area contributed by atoms with E-state index < -0.39 is 35.2 Å². The smallest absolute Gasteiger partial charge is 0.325 e. The molecule has 3 aliphatic rings. The molecule has 1 aromatic rings. The zero-order valence-electron chi connectivity index (χ0n) is 21.5. The summed E-state index contributed by atoms with van der Waals surface area (Å²) in [6.45, 7) is 5.84. The molecular formula is C26H32N4O5S2. The van der Waals surface area contributed by atoms with Crippen molar-refractivity contribution in [3.8, 4) is 0 Å². The molecule has 2 aliphatic heterocycles. The van der Waals surface area contributed by atoms with E-state index in [9.17, 15) is 24.0 Å². The average Bonchev–Trinajstić information content (AvgIpc) is 3.19. The maximum absolute atomic E-state index is 13.2. The number of imide groups is 2. The lowest BCUT2D eigenvalue weighted by Crippen LogP contribution is -2.54. The van der Waals surface area contributed by atoms with Crippen LogP contribution in [0.5, 0.6) is 0 Å². The third kappa shape index (κ3) is 5.87. The van der Waals surface area contributed by atoms with Gasteiger partial charge in [0.1, 0.15) is 12.1 Å². The first-order valence-corrected chi connectivity index (χ1v) is 14.3. The molecule has 11 heteroatoms. The standard InChI is InChI=1S/C26H32N4O5S2/c1-16-12-25(2,3)15-26(13-16)22(33)30(23(34)28-26)14-20(31)27-9-10-29-21(32)19(37-24(29)35)11-17-5-7-18(36-4)8-6-17/h5-8,11,16H,9-10,12-15H2,1-4H3,(H,27,31)(H,28,34)/b19-11-. The zero-order chi connectivity index (χ0) is 27.0. The number of benzene rings is 1. The van der Waals surface area contributed by atoms with Crippen molar-refractivity contribution < 1.29 is 24.0 Å². The van der Waals surface area contributed by atoms with Crippen LogP contribution in [0.2, 0.25) is 0 Å². The lowest BCUT2D eigenvalue weighted by atomic mass is 9.64. The van der Waals surface area contributed by atoms with Gasteiger partial charge in [-0.25, -0.2) is 4.79 Å². The molecule has 2 heterocycles. The van der Waals surface area contributed by atoms with E-state index in [0.29, 0.717) is 17.7 Å². The number of amides is 6. The molecule has 1 aliphatic carbocycles. The number of carbonyl (C=O) groups excluding carboxylic acids is 5. The van der Waals surface area contributed by atoms with Crippen LogP contribution in [0, 0.1) is 11.3 Å². The summed E-state index contributed by atoms with van der Waals surface area (Å²) in [7, 11) is 0. The number of urea groups is 1. The van der Waals surface area contributed by atoms with E-state index in [-0.39, 0.29) is 30.3 Å². The Labute approximate surface area is 225 Å². The highest BCUT2D eigenvalue weighted by Crippen LogP contribution is 2.46. The monoisotopic (exact) mass is 544 g/mol. The number of hydrogen-bond acceptors (Lipinski definition) is 7. The number of thioether (sulfide) groups is 2. The summed E-state index contributed by atoms with van der Waals surface area (Å²) in [5.41, 5.74) is -0.252. The molecule has 2 N–H and O–H groups in total. The van der Waals surface area contributed by atoms with Crippen LogP contribution in [0.3, 0.4) is 0 Å². The van der Waals surface area contributed by atoms with Crippen molar-refractivity contribution in [2.75, 3.05) is 25.9 Å². The molecule has 37 heavy (non-hydrogen) atoms. The van der Waals surface area contributed by atoms with Crippen LogP contribution in [0.1, 0.15) is 45.6 Å². The molecular weight excluding hydrogens is 512 g/mol. The molecule has 2 saturated heterocycles.